The summed E-state index contributed by atoms with van der Waals surface area (Å²) in [6.07, 6.45) is 0.824. The molecule has 2 N–H and O–H groups in total. The van der Waals surface area contributed by atoms with Crippen molar-refractivity contribution in [3.8, 4) is 11.5 Å². The number of ether oxygens (including phenoxy) is 2. The molecule has 0 radical (unpaired) electrons. The minimum absolute atomic E-state index is 0.104. The second-order valence-electron chi connectivity index (χ2n) is 6.44. The van der Waals surface area contributed by atoms with Gasteiger partial charge in [0.1, 0.15) is 11.5 Å². The molecule has 0 saturated carbocycles. The van der Waals surface area contributed by atoms with Crippen LogP contribution in [0.25, 0.3) is 0 Å². The number of hydrogen-bond acceptors (Lipinski definition) is 5. The van der Waals surface area contributed by atoms with E-state index in [1.54, 1.807) is 25.3 Å². The highest BCUT2D eigenvalue weighted by atomic mass is 16.5. The second-order valence-corrected chi connectivity index (χ2v) is 6.44. The first kappa shape index (κ1) is 22.2. The van der Waals surface area contributed by atoms with Crippen LogP contribution in [0.2, 0.25) is 0 Å². The number of hydrogen-bond donors (Lipinski definition) is 2. The second kappa shape index (κ2) is 11.7. The molecule has 2 rings (SSSR count). The van der Waals surface area contributed by atoms with Crippen molar-refractivity contribution in [1.29, 1.82) is 0 Å². The van der Waals surface area contributed by atoms with E-state index < -0.39 is 0 Å². The van der Waals surface area contributed by atoms with Crippen molar-refractivity contribution >= 4 is 23.2 Å². The first-order chi connectivity index (χ1) is 14.1. The normalized spacial score (nSPS) is 10.5. The van der Waals surface area contributed by atoms with Gasteiger partial charge in [-0.2, -0.15) is 0 Å². The lowest BCUT2D eigenvalue weighted by atomic mass is 10.2. The number of benzene rings is 2. The molecule has 2 aromatic rings. The maximum Gasteiger partial charge on any atom is 0.238 e. The van der Waals surface area contributed by atoms with E-state index in [-0.39, 0.29) is 24.9 Å². The van der Waals surface area contributed by atoms with Gasteiger partial charge in [-0.15, -0.1) is 0 Å². The molecule has 2 amide bonds. The molecular weight excluding hydrogens is 370 g/mol. The number of carbonyl (C=O) groups is 2. The number of nitrogens with zero attached hydrogens (tertiary/aromatic N) is 1. The number of nitrogens with one attached hydrogen (secondary N) is 2. The van der Waals surface area contributed by atoms with Crippen LogP contribution in [0.15, 0.2) is 48.5 Å². The quantitative estimate of drug-likeness (QED) is 0.606. The fourth-order valence-electron chi connectivity index (χ4n) is 2.92. The van der Waals surface area contributed by atoms with Gasteiger partial charge in [-0.25, -0.2) is 0 Å². The van der Waals surface area contributed by atoms with Gasteiger partial charge in [0.2, 0.25) is 11.8 Å². The third-order valence-electron chi connectivity index (χ3n) is 4.12. The molecule has 0 fully saturated rings. The molecule has 0 aliphatic carbocycles. The van der Waals surface area contributed by atoms with Crippen molar-refractivity contribution in [3.63, 3.8) is 0 Å². The summed E-state index contributed by atoms with van der Waals surface area (Å²) in [4.78, 5) is 26.8. The van der Waals surface area contributed by atoms with Crippen LogP contribution in [-0.2, 0) is 9.59 Å². The minimum atomic E-state index is -0.203. The molecule has 7 heteroatoms. The van der Waals surface area contributed by atoms with Gasteiger partial charge < -0.3 is 20.1 Å². The Morgan fingerprint density at radius 3 is 1.90 bits per heavy atom. The van der Waals surface area contributed by atoms with E-state index in [2.05, 4.69) is 10.6 Å². The Kier molecular flexibility index (Phi) is 8.98. The molecule has 2 aromatic carbocycles. The molecule has 0 unspecified atom stereocenters. The van der Waals surface area contributed by atoms with Crippen LogP contribution in [0, 0.1) is 0 Å². The van der Waals surface area contributed by atoms with Gasteiger partial charge in [0, 0.05) is 0 Å². The van der Waals surface area contributed by atoms with E-state index in [0.29, 0.717) is 36.0 Å². The fourth-order valence-corrected chi connectivity index (χ4v) is 2.92. The van der Waals surface area contributed by atoms with Crippen LogP contribution >= 0.6 is 0 Å². The SMILES string of the molecule is CCCN(CC(=O)Nc1ccccc1OC)CC(=O)Nc1ccccc1OCC. The summed E-state index contributed by atoms with van der Waals surface area (Å²) in [6, 6.07) is 14.5. The molecule has 29 heavy (non-hydrogen) atoms. The summed E-state index contributed by atoms with van der Waals surface area (Å²) in [7, 11) is 1.55. The third-order valence-corrected chi connectivity index (χ3v) is 4.12. The zero-order valence-electron chi connectivity index (χ0n) is 17.2. The number of methoxy groups -OCH3 is 1. The van der Waals surface area contributed by atoms with Gasteiger partial charge in [0.15, 0.2) is 0 Å². The Hall–Kier alpha value is -3.06. The van der Waals surface area contributed by atoms with Gasteiger partial charge in [0.05, 0.1) is 38.2 Å². The van der Waals surface area contributed by atoms with Crippen LogP contribution in [0.1, 0.15) is 20.3 Å². The lowest BCUT2D eigenvalue weighted by Gasteiger charge is -2.21. The smallest absolute Gasteiger partial charge is 0.238 e. The number of amides is 2. The molecule has 0 saturated heterocycles. The van der Waals surface area contributed by atoms with Gasteiger partial charge in [-0.05, 0) is 44.2 Å². The Balaban J connectivity index is 1.97. The lowest BCUT2D eigenvalue weighted by molar-refractivity contribution is -0.120. The van der Waals surface area contributed by atoms with Crippen LogP contribution < -0.4 is 20.1 Å². The average molecular weight is 399 g/mol. The van der Waals surface area contributed by atoms with Crippen molar-refractivity contribution in [2.24, 2.45) is 0 Å². The van der Waals surface area contributed by atoms with Gasteiger partial charge in [-0.1, -0.05) is 31.2 Å². The number of anilines is 2. The molecule has 0 atom stereocenters. The number of carbonyl (C=O) groups excluding carboxylic acids is 2. The molecule has 0 aromatic heterocycles. The van der Waals surface area contributed by atoms with E-state index in [1.165, 1.54) is 0 Å². The van der Waals surface area contributed by atoms with Crippen molar-refractivity contribution < 1.29 is 19.1 Å². The average Bonchev–Trinajstić information content (AvgIpc) is 2.70. The molecular formula is C22H29N3O4. The van der Waals surface area contributed by atoms with Crippen molar-refractivity contribution in [1.82, 2.24) is 4.90 Å². The topological polar surface area (TPSA) is 79.9 Å². The number of para-hydroxylation sites is 4. The molecule has 0 aliphatic rings. The highest BCUT2D eigenvalue weighted by Crippen LogP contribution is 2.24. The summed E-state index contributed by atoms with van der Waals surface area (Å²) < 4.78 is 10.8. The highest BCUT2D eigenvalue weighted by molar-refractivity contribution is 5.96. The molecule has 7 nitrogen and oxygen atoms in total. The maximum atomic E-state index is 12.5. The fraction of sp³-hybridized carbons (Fsp3) is 0.364. The van der Waals surface area contributed by atoms with E-state index in [4.69, 9.17) is 9.47 Å². The van der Waals surface area contributed by atoms with Gasteiger partial charge in [-0.3, -0.25) is 14.5 Å². The Labute approximate surface area is 172 Å². The van der Waals surface area contributed by atoms with Crippen LogP contribution in [-0.4, -0.2) is 50.1 Å². The predicted molar refractivity (Wildman–Crippen MR) is 115 cm³/mol. The van der Waals surface area contributed by atoms with Crippen molar-refractivity contribution in [2.45, 2.75) is 20.3 Å². The molecule has 0 spiro atoms. The standard InChI is InChI=1S/C22H29N3O4/c1-4-14-25(15-21(26)23-17-10-6-8-12-19(17)28-3)16-22(27)24-18-11-7-9-13-20(18)29-5-2/h6-13H,4-5,14-16H2,1-3H3,(H,23,26)(H,24,27). The van der Waals surface area contributed by atoms with E-state index in [9.17, 15) is 9.59 Å². The van der Waals surface area contributed by atoms with Crippen molar-refractivity contribution in [3.05, 3.63) is 48.5 Å². The van der Waals surface area contributed by atoms with Crippen molar-refractivity contribution in [2.75, 3.05) is 44.0 Å². The zero-order valence-corrected chi connectivity index (χ0v) is 17.2. The highest BCUT2D eigenvalue weighted by Gasteiger charge is 2.16. The summed E-state index contributed by atoms with van der Waals surface area (Å²) in [5, 5.41) is 5.71. The monoisotopic (exact) mass is 399 g/mol. The van der Waals surface area contributed by atoms with Gasteiger partial charge in [0.25, 0.3) is 0 Å². The summed E-state index contributed by atoms with van der Waals surface area (Å²) in [5.41, 5.74) is 1.22. The van der Waals surface area contributed by atoms with E-state index in [0.717, 1.165) is 6.42 Å². The van der Waals surface area contributed by atoms with Crippen LogP contribution in [0.5, 0.6) is 11.5 Å². The summed E-state index contributed by atoms with van der Waals surface area (Å²) in [5.74, 6) is 0.814. The molecule has 0 aliphatic heterocycles. The summed E-state index contributed by atoms with van der Waals surface area (Å²) in [6.45, 7) is 5.24. The maximum absolute atomic E-state index is 12.5. The first-order valence-electron chi connectivity index (χ1n) is 9.74. The predicted octanol–water partition coefficient (Wildman–Crippen LogP) is 3.38. The summed E-state index contributed by atoms with van der Waals surface area (Å²) >= 11 is 0. The van der Waals surface area contributed by atoms with Gasteiger partial charge >= 0.3 is 0 Å². The Morgan fingerprint density at radius 2 is 1.38 bits per heavy atom. The van der Waals surface area contributed by atoms with Crippen LogP contribution in [0.3, 0.4) is 0 Å². The first-order valence-corrected chi connectivity index (χ1v) is 9.74. The zero-order chi connectivity index (χ0) is 21.1. The Bertz CT molecular complexity index is 810. The minimum Gasteiger partial charge on any atom is -0.495 e. The molecule has 0 bridgehead atoms. The lowest BCUT2D eigenvalue weighted by Crippen LogP contribution is -2.39. The Morgan fingerprint density at radius 1 is 0.862 bits per heavy atom. The molecule has 0 heterocycles. The number of rotatable bonds is 11. The molecule has 156 valence electrons. The van der Waals surface area contributed by atoms with Crippen LogP contribution in [0.4, 0.5) is 11.4 Å². The largest absolute Gasteiger partial charge is 0.495 e. The van der Waals surface area contributed by atoms with E-state index in [1.807, 2.05) is 49.1 Å². The third kappa shape index (κ3) is 7.12. The van der Waals surface area contributed by atoms with E-state index >= 15 is 0 Å².